The molecule has 0 heterocycles. The van der Waals surface area contributed by atoms with E-state index in [0.29, 0.717) is 0 Å². The van der Waals surface area contributed by atoms with E-state index in [9.17, 15) is 13.2 Å². The van der Waals surface area contributed by atoms with E-state index in [0.717, 1.165) is 6.42 Å². The molecule has 6 heteroatoms. The van der Waals surface area contributed by atoms with Gasteiger partial charge in [-0.2, -0.15) is 13.2 Å². The molecule has 1 atom stereocenters. The van der Waals surface area contributed by atoms with Gasteiger partial charge in [0.25, 0.3) is 0 Å². The van der Waals surface area contributed by atoms with Gasteiger partial charge >= 0.3 is 11.6 Å². The summed E-state index contributed by atoms with van der Waals surface area (Å²) in [5.41, 5.74) is -1.60. The summed E-state index contributed by atoms with van der Waals surface area (Å²) in [6, 6.07) is 8.00. The van der Waals surface area contributed by atoms with Gasteiger partial charge in [-0.1, -0.05) is 50.3 Å². The third kappa shape index (κ3) is 5.79. The fourth-order valence-electron chi connectivity index (χ4n) is 1.97. The molecule has 0 bridgehead atoms. The number of rotatable bonds is 2. The Balaban J connectivity index is 0.000000491. The topological polar surface area (TPSA) is 37.3 Å². The average Bonchev–Trinajstić information content (AvgIpc) is 2.93. The van der Waals surface area contributed by atoms with Crippen molar-refractivity contribution in [1.82, 2.24) is 0 Å². The van der Waals surface area contributed by atoms with Crippen molar-refractivity contribution in [2.75, 3.05) is 0 Å². The summed E-state index contributed by atoms with van der Waals surface area (Å²) >= 11 is 4.19. The number of benzene rings is 1. The zero-order valence-corrected chi connectivity index (χ0v) is 12.4. The van der Waals surface area contributed by atoms with Gasteiger partial charge in [-0.15, -0.1) is 0 Å². The summed E-state index contributed by atoms with van der Waals surface area (Å²) < 4.78 is 38.9. The van der Waals surface area contributed by atoms with Gasteiger partial charge in [0.1, 0.15) is 0 Å². The molecule has 0 aliphatic heterocycles. The standard InChI is InChI=1S/C14H15F3.CHClO2/c1-13(2)9-11(13)8-12(14(15,16)17)10-6-4-3-5-7-10;2-1(3)4/h3-8,11H,9H2,1-2H3;(H,3,4). The van der Waals surface area contributed by atoms with E-state index in [1.807, 2.05) is 13.8 Å². The van der Waals surface area contributed by atoms with Crippen molar-refractivity contribution in [2.24, 2.45) is 11.3 Å². The SMILES string of the molecule is CC1(C)CC1C=C(c1ccccc1)C(F)(F)F.O=C(O)Cl. The maximum atomic E-state index is 13.0. The minimum Gasteiger partial charge on any atom is -0.469 e. The average molecular weight is 321 g/mol. The fraction of sp³-hybridized carbons (Fsp3) is 0.400. The van der Waals surface area contributed by atoms with E-state index < -0.39 is 17.2 Å². The monoisotopic (exact) mass is 320 g/mol. The first kappa shape index (κ1) is 17.6. The number of hydrogen-bond donors (Lipinski definition) is 1. The molecule has 0 aromatic heterocycles. The molecule has 0 radical (unpaired) electrons. The minimum atomic E-state index is -4.28. The molecule has 1 N–H and O–H groups in total. The molecule has 1 aliphatic carbocycles. The zero-order chi connectivity index (χ0) is 16.3. The van der Waals surface area contributed by atoms with Crippen molar-refractivity contribution in [1.29, 1.82) is 0 Å². The Labute approximate surface area is 126 Å². The third-order valence-corrected chi connectivity index (χ3v) is 3.35. The summed E-state index contributed by atoms with van der Waals surface area (Å²) in [5.74, 6) is 0.0410. The van der Waals surface area contributed by atoms with Crippen LogP contribution >= 0.6 is 11.6 Å². The second-order valence-electron chi connectivity index (χ2n) is 5.50. The Morgan fingerprint density at radius 1 is 1.33 bits per heavy atom. The maximum Gasteiger partial charge on any atom is 0.416 e. The molecule has 2 nitrogen and oxygen atoms in total. The van der Waals surface area contributed by atoms with Crippen LogP contribution in [-0.4, -0.2) is 16.7 Å². The summed E-state index contributed by atoms with van der Waals surface area (Å²) in [6.07, 6.45) is -2.06. The van der Waals surface area contributed by atoms with Gasteiger partial charge in [0, 0.05) is 11.6 Å². The maximum absolute atomic E-state index is 13.0. The van der Waals surface area contributed by atoms with Crippen LogP contribution in [-0.2, 0) is 0 Å². The quantitative estimate of drug-likeness (QED) is 0.722. The molecule has 0 amide bonds. The van der Waals surface area contributed by atoms with Crippen molar-refractivity contribution in [2.45, 2.75) is 26.4 Å². The van der Waals surface area contributed by atoms with Crippen LogP contribution in [0.15, 0.2) is 36.4 Å². The smallest absolute Gasteiger partial charge is 0.416 e. The van der Waals surface area contributed by atoms with E-state index >= 15 is 0 Å². The Hall–Kier alpha value is -1.49. The number of alkyl halides is 3. The number of halogens is 4. The number of carbonyl (C=O) groups is 1. The van der Waals surface area contributed by atoms with Crippen LogP contribution in [0.3, 0.4) is 0 Å². The van der Waals surface area contributed by atoms with E-state index in [4.69, 9.17) is 9.90 Å². The molecular weight excluding hydrogens is 305 g/mol. The highest BCUT2D eigenvalue weighted by Gasteiger charge is 2.46. The molecule has 116 valence electrons. The van der Waals surface area contributed by atoms with Gasteiger partial charge in [0.05, 0.1) is 5.57 Å². The summed E-state index contributed by atoms with van der Waals surface area (Å²) in [4.78, 5) is 8.77. The molecule has 1 saturated carbocycles. The minimum absolute atomic E-state index is 0.0191. The van der Waals surface area contributed by atoms with Crippen molar-refractivity contribution < 1.29 is 23.1 Å². The molecule has 2 rings (SSSR count). The van der Waals surface area contributed by atoms with Crippen molar-refractivity contribution in [3.63, 3.8) is 0 Å². The molecular formula is C15H16ClF3O2. The lowest BCUT2D eigenvalue weighted by atomic mass is 10.0. The molecule has 1 aromatic rings. The normalized spacial score (nSPS) is 20.3. The Bertz CT molecular complexity index is 517. The van der Waals surface area contributed by atoms with E-state index in [2.05, 4.69) is 11.6 Å². The second kappa shape index (κ2) is 6.52. The number of allylic oxidation sites excluding steroid dienone is 2. The largest absolute Gasteiger partial charge is 0.469 e. The van der Waals surface area contributed by atoms with Gasteiger partial charge < -0.3 is 5.11 Å². The van der Waals surface area contributed by atoms with E-state index in [1.54, 1.807) is 18.2 Å². The summed E-state index contributed by atoms with van der Waals surface area (Å²) in [5, 5.41) is 7.18. The van der Waals surface area contributed by atoms with Gasteiger partial charge in [-0.05, 0) is 23.3 Å². The van der Waals surface area contributed by atoms with Crippen molar-refractivity contribution in [3.05, 3.63) is 42.0 Å². The molecule has 1 fully saturated rings. The summed E-state index contributed by atoms with van der Waals surface area (Å²) in [6.45, 7) is 3.99. The Kier molecular flexibility index (Phi) is 5.45. The summed E-state index contributed by atoms with van der Waals surface area (Å²) in [7, 11) is 0. The lowest BCUT2D eigenvalue weighted by Crippen LogP contribution is -2.11. The lowest BCUT2D eigenvalue weighted by molar-refractivity contribution is -0.0691. The Morgan fingerprint density at radius 3 is 2.10 bits per heavy atom. The van der Waals surface area contributed by atoms with Crippen LogP contribution < -0.4 is 0 Å². The van der Waals surface area contributed by atoms with E-state index in [-0.39, 0.29) is 16.9 Å². The molecule has 1 aliphatic rings. The molecule has 1 aromatic carbocycles. The van der Waals surface area contributed by atoms with Gasteiger partial charge in [0.2, 0.25) is 0 Å². The molecule has 1 unspecified atom stereocenters. The van der Waals surface area contributed by atoms with Gasteiger partial charge in [-0.3, -0.25) is 0 Å². The highest BCUT2D eigenvalue weighted by molar-refractivity contribution is 6.60. The van der Waals surface area contributed by atoms with Crippen LogP contribution in [0.25, 0.3) is 5.57 Å². The van der Waals surface area contributed by atoms with Crippen LogP contribution in [0.2, 0.25) is 0 Å². The molecule has 21 heavy (non-hydrogen) atoms. The fourth-order valence-corrected chi connectivity index (χ4v) is 1.97. The Morgan fingerprint density at radius 2 is 1.76 bits per heavy atom. The second-order valence-corrected chi connectivity index (χ2v) is 5.82. The van der Waals surface area contributed by atoms with Crippen molar-refractivity contribution >= 4 is 22.6 Å². The zero-order valence-electron chi connectivity index (χ0n) is 11.6. The highest BCUT2D eigenvalue weighted by atomic mass is 35.5. The first-order valence-corrected chi connectivity index (χ1v) is 6.64. The highest BCUT2D eigenvalue weighted by Crippen LogP contribution is 2.54. The van der Waals surface area contributed by atoms with Crippen LogP contribution in [0.4, 0.5) is 18.0 Å². The third-order valence-electron chi connectivity index (χ3n) is 3.35. The van der Waals surface area contributed by atoms with Crippen LogP contribution in [0.1, 0.15) is 25.8 Å². The molecule has 0 saturated heterocycles. The van der Waals surface area contributed by atoms with E-state index in [1.165, 1.54) is 18.2 Å². The predicted molar refractivity (Wildman–Crippen MR) is 76.2 cm³/mol. The number of hydrogen-bond acceptors (Lipinski definition) is 1. The first-order valence-electron chi connectivity index (χ1n) is 6.27. The van der Waals surface area contributed by atoms with Gasteiger partial charge in [0.15, 0.2) is 0 Å². The van der Waals surface area contributed by atoms with Crippen molar-refractivity contribution in [3.8, 4) is 0 Å². The number of carboxylic acid groups (broad SMARTS) is 1. The van der Waals surface area contributed by atoms with Gasteiger partial charge in [-0.25, -0.2) is 4.79 Å². The van der Waals surface area contributed by atoms with Crippen LogP contribution in [0, 0.1) is 11.3 Å². The first-order chi connectivity index (χ1) is 9.54. The van der Waals surface area contributed by atoms with Crippen LogP contribution in [0.5, 0.6) is 0 Å². The predicted octanol–water partition coefficient (Wildman–Crippen LogP) is 5.58. The molecule has 0 spiro atoms. The lowest BCUT2D eigenvalue weighted by Gasteiger charge is -2.12.